The number of hydrogen-bond acceptors (Lipinski definition) is 6. The third-order valence-electron chi connectivity index (χ3n) is 5.20. The van der Waals surface area contributed by atoms with Crippen LogP contribution in [0.25, 0.3) is 21.9 Å². The van der Waals surface area contributed by atoms with E-state index in [2.05, 4.69) is 5.32 Å². The molecule has 2 aromatic heterocycles. The highest BCUT2D eigenvalue weighted by molar-refractivity contribution is 7.94. The maximum absolute atomic E-state index is 12.5. The second-order valence-corrected chi connectivity index (χ2v) is 9.06. The Morgan fingerprint density at radius 2 is 1.79 bits per heavy atom. The Balaban J connectivity index is 1.70. The fourth-order valence-corrected chi connectivity index (χ4v) is 4.75. The Hall–Kier alpha value is -2.87. The lowest BCUT2D eigenvalue weighted by molar-refractivity contribution is -0.120. The monoisotopic (exact) mass is 401 g/mol. The van der Waals surface area contributed by atoms with Gasteiger partial charge >= 0.3 is 5.63 Å². The number of nitrogens with one attached hydrogen (secondary N) is 1. The molecule has 7 nitrogen and oxygen atoms in total. The Bertz CT molecular complexity index is 1330. The third-order valence-corrected chi connectivity index (χ3v) is 6.59. The van der Waals surface area contributed by atoms with Crippen molar-refractivity contribution in [3.05, 3.63) is 56.5 Å². The van der Waals surface area contributed by atoms with Crippen LogP contribution in [0.3, 0.4) is 0 Å². The minimum atomic E-state index is -3.27. The molecule has 1 aliphatic rings. The van der Waals surface area contributed by atoms with Crippen molar-refractivity contribution >= 4 is 37.7 Å². The van der Waals surface area contributed by atoms with Gasteiger partial charge in [0.25, 0.3) is 0 Å². The van der Waals surface area contributed by atoms with E-state index < -0.39 is 27.4 Å². The predicted octanol–water partition coefficient (Wildman–Crippen LogP) is 2.43. The van der Waals surface area contributed by atoms with Crippen molar-refractivity contribution in [2.24, 2.45) is 0 Å². The summed E-state index contributed by atoms with van der Waals surface area (Å²) >= 11 is 0. The summed E-state index contributed by atoms with van der Waals surface area (Å²) in [6.07, 6.45) is 1.25. The summed E-state index contributed by atoms with van der Waals surface area (Å²) in [7, 11) is -3.27. The van der Waals surface area contributed by atoms with Crippen LogP contribution in [-0.2, 0) is 21.1 Å². The van der Waals surface area contributed by atoms with Gasteiger partial charge in [0.05, 0.1) is 23.8 Å². The van der Waals surface area contributed by atoms with E-state index in [-0.39, 0.29) is 17.7 Å². The van der Waals surface area contributed by atoms with E-state index in [1.54, 1.807) is 13.0 Å². The highest BCUT2D eigenvalue weighted by Gasteiger charge is 2.24. The zero-order valence-electron chi connectivity index (χ0n) is 15.7. The van der Waals surface area contributed by atoms with E-state index in [9.17, 15) is 18.0 Å². The molecule has 1 amide bonds. The molecule has 0 saturated carbocycles. The van der Waals surface area contributed by atoms with Crippen LogP contribution in [0.4, 0.5) is 0 Å². The van der Waals surface area contributed by atoms with Gasteiger partial charge in [0.1, 0.15) is 16.9 Å². The molecule has 0 radical (unpaired) electrons. The number of carbonyl (C=O) groups excluding carboxylic acids is 1. The first-order chi connectivity index (χ1) is 13.1. The van der Waals surface area contributed by atoms with Crippen molar-refractivity contribution in [3.63, 3.8) is 0 Å². The van der Waals surface area contributed by atoms with E-state index in [1.807, 2.05) is 19.9 Å². The topological polar surface area (TPSA) is 107 Å². The van der Waals surface area contributed by atoms with Gasteiger partial charge in [-0.25, -0.2) is 13.2 Å². The lowest BCUT2D eigenvalue weighted by Crippen LogP contribution is -2.37. The molecule has 1 aliphatic heterocycles. The highest BCUT2D eigenvalue weighted by Crippen LogP contribution is 2.31. The van der Waals surface area contributed by atoms with Crippen LogP contribution >= 0.6 is 0 Å². The van der Waals surface area contributed by atoms with Gasteiger partial charge in [-0.05, 0) is 44.0 Å². The number of carbonyl (C=O) groups is 1. The summed E-state index contributed by atoms with van der Waals surface area (Å²) in [5.41, 5.74) is 2.39. The van der Waals surface area contributed by atoms with Crippen molar-refractivity contribution in [2.75, 3.05) is 5.75 Å². The first-order valence-electron chi connectivity index (χ1n) is 8.81. The Morgan fingerprint density at radius 3 is 2.46 bits per heavy atom. The molecule has 3 aromatic rings. The molecule has 28 heavy (non-hydrogen) atoms. The summed E-state index contributed by atoms with van der Waals surface area (Å²) in [4.78, 5) is 24.8. The fraction of sp³-hybridized carbons (Fsp3) is 0.300. The minimum Gasteiger partial charge on any atom is -0.461 e. The summed E-state index contributed by atoms with van der Waals surface area (Å²) in [6, 6.07) is 3.01. The smallest absolute Gasteiger partial charge is 0.340 e. The minimum absolute atomic E-state index is 0.166. The SMILES string of the molecule is Cc1oc2cc3oc(=O)c(CC(=O)NC4C=CS(=O)(=O)C4)c(C)c3cc2c1C. The third kappa shape index (κ3) is 3.13. The van der Waals surface area contributed by atoms with Crippen molar-refractivity contribution in [1.29, 1.82) is 0 Å². The number of aryl methyl sites for hydroxylation is 3. The van der Waals surface area contributed by atoms with E-state index in [4.69, 9.17) is 8.83 Å². The van der Waals surface area contributed by atoms with Crippen molar-refractivity contribution in [3.8, 4) is 0 Å². The molecule has 8 heteroatoms. The number of benzene rings is 1. The van der Waals surface area contributed by atoms with Crippen LogP contribution in [0.5, 0.6) is 0 Å². The van der Waals surface area contributed by atoms with Gasteiger partial charge in [-0.1, -0.05) is 0 Å². The Morgan fingerprint density at radius 1 is 1.11 bits per heavy atom. The summed E-state index contributed by atoms with van der Waals surface area (Å²) in [6.45, 7) is 5.60. The van der Waals surface area contributed by atoms with Gasteiger partial charge in [0.2, 0.25) is 5.91 Å². The van der Waals surface area contributed by atoms with Gasteiger partial charge in [0.15, 0.2) is 9.84 Å². The summed E-state index contributed by atoms with van der Waals surface area (Å²) in [5.74, 6) is 0.198. The second kappa shape index (κ2) is 6.34. The van der Waals surface area contributed by atoms with Gasteiger partial charge in [-0.15, -0.1) is 0 Å². The molecule has 1 unspecified atom stereocenters. The zero-order valence-corrected chi connectivity index (χ0v) is 16.5. The first kappa shape index (κ1) is 18.5. The molecule has 4 rings (SSSR count). The van der Waals surface area contributed by atoms with Crippen molar-refractivity contribution in [1.82, 2.24) is 5.32 Å². The molecular formula is C20H19NO6S. The number of rotatable bonds is 3. The van der Waals surface area contributed by atoms with Gasteiger partial charge < -0.3 is 14.2 Å². The molecule has 1 N–H and O–H groups in total. The number of sulfone groups is 1. The molecule has 1 aromatic carbocycles. The molecule has 0 aliphatic carbocycles. The fourth-order valence-electron chi connectivity index (χ4n) is 3.51. The summed E-state index contributed by atoms with van der Waals surface area (Å²) < 4.78 is 34.0. The van der Waals surface area contributed by atoms with E-state index in [0.717, 1.165) is 27.5 Å². The largest absolute Gasteiger partial charge is 0.461 e. The second-order valence-electron chi connectivity index (χ2n) is 7.13. The predicted molar refractivity (Wildman–Crippen MR) is 105 cm³/mol. The maximum atomic E-state index is 12.5. The number of furan rings is 1. The molecule has 146 valence electrons. The van der Waals surface area contributed by atoms with Crippen molar-refractivity contribution < 1.29 is 22.0 Å². The van der Waals surface area contributed by atoms with E-state index in [1.165, 1.54) is 6.08 Å². The molecule has 0 bridgehead atoms. The summed E-state index contributed by atoms with van der Waals surface area (Å²) in [5, 5.41) is 5.39. The average molecular weight is 401 g/mol. The Labute approximate surface area is 160 Å². The van der Waals surface area contributed by atoms with E-state index in [0.29, 0.717) is 16.7 Å². The quantitative estimate of drug-likeness (QED) is 0.676. The van der Waals surface area contributed by atoms with Crippen LogP contribution in [0.1, 0.15) is 22.5 Å². The molecule has 0 fully saturated rings. The Kier molecular flexibility index (Phi) is 4.19. The average Bonchev–Trinajstić information content (AvgIpc) is 3.09. The number of fused-ring (bicyclic) bond motifs is 2. The molecule has 3 heterocycles. The molecule has 0 saturated heterocycles. The molecular weight excluding hydrogens is 382 g/mol. The highest BCUT2D eigenvalue weighted by atomic mass is 32.2. The van der Waals surface area contributed by atoms with Crippen LogP contribution in [0.2, 0.25) is 0 Å². The lowest BCUT2D eigenvalue weighted by Gasteiger charge is -2.11. The van der Waals surface area contributed by atoms with Crippen LogP contribution < -0.4 is 10.9 Å². The number of hydrogen-bond donors (Lipinski definition) is 1. The standard InChI is InChI=1S/C20H19NO6S/c1-10-12(3)26-17-8-18-15(6-14(10)17)11(2)16(20(23)27-18)7-19(22)21-13-4-5-28(24,25)9-13/h4-6,8,13H,7,9H2,1-3H3,(H,21,22). The van der Waals surface area contributed by atoms with Crippen LogP contribution in [0.15, 0.2) is 37.2 Å². The molecule has 1 atom stereocenters. The van der Waals surface area contributed by atoms with Gasteiger partial charge in [0, 0.05) is 22.2 Å². The first-order valence-corrected chi connectivity index (χ1v) is 10.5. The van der Waals surface area contributed by atoms with E-state index >= 15 is 0 Å². The van der Waals surface area contributed by atoms with Crippen molar-refractivity contribution in [2.45, 2.75) is 33.2 Å². The maximum Gasteiger partial charge on any atom is 0.340 e. The lowest BCUT2D eigenvalue weighted by atomic mass is 10.0. The zero-order chi connectivity index (χ0) is 20.2. The van der Waals surface area contributed by atoms with Gasteiger partial charge in [-0.2, -0.15) is 0 Å². The number of amides is 1. The normalized spacial score (nSPS) is 18.2. The molecule has 0 spiro atoms. The van der Waals surface area contributed by atoms with Crippen LogP contribution in [-0.4, -0.2) is 26.1 Å². The van der Waals surface area contributed by atoms with Gasteiger partial charge in [-0.3, -0.25) is 4.79 Å². The van der Waals surface area contributed by atoms with Crippen LogP contribution in [0, 0.1) is 20.8 Å².